The molecule has 124 valence electrons. The first-order valence-corrected chi connectivity index (χ1v) is 8.88. The van der Waals surface area contributed by atoms with Gasteiger partial charge in [0, 0.05) is 5.92 Å². The maximum Gasteiger partial charge on any atom is 0.0342 e. The Kier molecular flexibility index (Phi) is 4.49. The summed E-state index contributed by atoms with van der Waals surface area (Å²) in [5.41, 5.74) is 12.7. The molecule has 0 fully saturated rings. The number of hydrogen-bond acceptors (Lipinski definition) is 0. The number of hydrogen-bond donors (Lipinski definition) is 0. The first-order chi connectivity index (χ1) is 11.3. The Bertz CT molecular complexity index is 754. The van der Waals surface area contributed by atoms with E-state index >= 15 is 0 Å². The van der Waals surface area contributed by atoms with Gasteiger partial charge in [-0.25, -0.2) is 0 Å². The van der Waals surface area contributed by atoms with Crippen molar-refractivity contribution in [2.75, 3.05) is 0 Å². The predicted octanol–water partition coefficient (Wildman–Crippen LogP) is 6.72. The zero-order chi connectivity index (χ0) is 17.4. The van der Waals surface area contributed by atoms with Crippen molar-refractivity contribution in [3.8, 4) is 0 Å². The van der Waals surface area contributed by atoms with Crippen molar-refractivity contribution in [2.24, 2.45) is 0 Å². The number of benzene rings is 2. The Hall–Kier alpha value is -2.08. The van der Waals surface area contributed by atoms with Crippen LogP contribution in [0.3, 0.4) is 0 Å². The minimum absolute atomic E-state index is 0.334. The van der Waals surface area contributed by atoms with Gasteiger partial charge < -0.3 is 0 Å². The summed E-state index contributed by atoms with van der Waals surface area (Å²) in [5.74, 6) is 0.334. The van der Waals surface area contributed by atoms with Crippen molar-refractivity contribution >= 4 is 0 Å². The lowest BCUT2D eigenvalue weighted by atomic mass is 9.79. The molecule has 24 heavy (non-hydrogen) atoms. The van der Waals surface area contributed by atoms with Crippen LogP contribution in [0.4, 0.5) is 0 Å². The van der Waals surface area contributed by atoms with Crippen LogP contribution < -0.4 is 0 Å². The highest BCUT2D eigenvalue weighted by Crippen LogP contribution is 2.42. The molecule has 0 aliphatic heterocycles. The summed E-state index contributed by atoms with van der Waals surface area (Å²) in [5, 5.41) is 0. The van der Waals surface area contributed by atoms with E-state index in [-0.39, 0.29) is 0 Å². The smallest absolute Gasteiger partial charge is 0.0342 e. The van der Waals surface area contributed by atoms with Gasteiger partial charge in [-0.05, 0) is 64.7 Å². The number of aryl methyl sites for hydroxylation is 4. The highest BCUT2D eigenvalue weighted by molar-refractivity contribution is 5.55. The summed E-state index contributed by atoms with van der Waals surface area (Å²) in [7, 11) is 0. The van der Waals surface area contributed by atoms with Gasteiger partial charge >= 0.3 is 0 Å². The van der Waals surface area contributed by atoms with E-state index in [1.165, 1.54) is 50.1 Å². The Labute approximate surface area is 146 Å². The molecular formula is C24H28. The van der Waals surface area contributed by atoms with Crippen molar-refractivity contribution in [3.63, 3.8) is 0 Å². The molecule has 0 saturated heterocycles. The molecule has 2 aromatic carbocycles. The molecule has 0 N–H and O–H groups in total. The van der Waals surface area contributed by atoms with E-state index in [0.29, 0.717) is 5.92 Å². The third kappa shape index (κ3) is 3.24. The fourth-order valence-electron chi connectivity index (χ4n) is 4.22. The van der Waals surface area contributed by atoms with E-state index in [0.717, 1.165) is 6.42 Å². The van der Waals surface area contributed by atoms with E-state index in [9.17, 15) is 0 Å². The van der Waals surface area contributed by atoms with E-state index in [2.05, 4.69) is 84.0 Å². The molecule has 0 spiro atoms. The van der Waals surface area contributed by atoms with Crippen LogP contribution in [0.5, 0.6) is 0 Å². The fraction of sp³-hybridized carbons (Fsp3) is 0.333. The van der Waals surface area contributed by atoms with Gasteiger partial charge in [-0.3, -0.25) is 0 Å². The van der Waals surface area contributed by atoms with Crippen LogP contribution in [0.15, 0.2) is 59.2 Å². The summed E-state index contributed by atoms with van der Waals surface area (Å²) in [4.78, 5) is 0. The summed E-state index contributed by atoms with van der Waals surface area (Å²) in [6.45, 7) is 13.4. The highest BCUT2D eigenvalue weighted by Gasteiger charge is 2.25. The van der Waals surface area contributed by atoms with Gasteiger partial charge in [-0.1, -0.05) is 75.9 Å². The summed E-state index contributed by atoms with van der Waals surface area (Å²) < 4.78 is 0. The van der Waals surface area contributed by atoms with Crippen molar-refractivity contribution < 1.29 is 0 Å². The van der Waals surface area contributed by atoms with Crippen LogP contribution >= 0.6 is 0 Å². The Morgan fingerprint density at radius 3 is 1.38 bits per heavy atom. The minimum Gasteiger partial charge on any atom is -0.0772 e. The zero-order valence-electron chi connectivity index (χ0n) is 15.8. The van der Waals surface area contributed by atoms with Gasteiger partial charge in [-0.2, -0.15) is 0 Å². The molecule has 0 heteroatoms. The normalized spacial score (nSPS) is 14.5. The maximum absolute atomic E-state index is 2.38. The lowest BCUT2D eigenvalue weighted by molar-refractivity contribution is 0.932. The van der Waals surface area contributed by atoms with Gasteiger partial charge in [0.05, 0.1) is 0 Å². The molecular weight excluding hydrogens is 288 g/mol. The van der Waals surface area contributed by atoms with Gasteiger partial charge in [0.2, 0.25) is 0 Å². The Morgan fingerprint density at radius 1 is 0.625 bits per heavy atom. The Balaban J connectivity index is 2.25. The van der Waals surface area contributed by atoms with E-state index in [1.807, 2.05) is 0 Å². The minimum atomic E-state index is 0.334. The van der Waals surface area contributed by atoms with Gasteiger partial charge in [0.1, 0.15) is 0 Å². The van der Waals surface area contributed by atoms with Gasteiger partial charge in [0.25, 0.3) is 0 Å². The average Bonchev–Trinajstić information content (AvgIpc) is 2.78. The topological polar surface area (TPSA) is 0 Å². The molecule has 2 aromatic rings. The van der Waals surface area contributed by atoms with Crippen LogP contribution in [0.25, 0.3) is 0 Å². The molecule has 0 radical (unpaired) electrons. The number of rotatable bonds is 3. The fourth-order valence-corrected chi connectivity index (χ4v) is 4.22. The largest absolute Gasteiger partial charge is 0.0772 e. The van der Waals surface area contributed by atoms with Crippen LogP contribution in [0.2, 0.25) is 0 Å². The van der Waals surface area contributed by atoms with Crippen molar-refractivity contribution in [1.29, 1.82) is 0 Å². The molecule has 0 atom stereocenters. The molecule has 1 aliphatic carbocycles. The quantitative estimate of drug-likeness (QED) is 0.589. The molecule has 0 saturated carbocycles. The summed E-state index contributed by atoms with van der Waals surface area (Å²) in [6, 6.07) is 14.0. The number of allylic oxidation sites excluding steroid dienone is 4. The van der Waals surface area contributed by atoms with Crippen LogP contribution in [0, 0.1) is 27.7 Å². The second-order valence-corrected chi connectivity index (χ2v) is 7.56. The first kappa shape index (κ1) is 16.8. The molecule has 0 bridgehead atoms. The molecule has 3 rings (SSSR count). The molecule has 0 heterocycles. The second-order valence-electron chi connectivity index (χ2n) is 7.56. The maximum atomic E-state index is 2.38. The zero-order valence-corrected chi connectivity index (χ0v) is 15.8. The standard InChI is InChI=1S/C24H28/c1-15-9-16(2)12-21(11-15)24(23-19(5)7-8-20(23)6)22-13-17(3)10-18(4)14-22/h7,9-14,24H,8H2,1-6H3. The lowest BCUT2D eigenvalue weighted by Gasteiger charge is -2.24. The molecule has 0 aromatic heterocycles. The van der Waals surface area contributed by atoms with Crippen LogP contribution in [0.1, 0.15) is 59.6 Å². The Morgan fingerprint density at radius 2 is 1.04 bits per heavy atom. The summed E-state index contributed by atoms with van der Waals surface area (Å²) >= 11 is 0. The average molecular weight is 316 g/mol. The lowest BCUT2D eigenvalue weighted by Crippen LogP contribution is -2.08. The third-order valence-electron chi connectivity index (χ3n) is 5.04. The molecule has 0 unspecified atom stereocenters. The van der Waals surface area contributed by atoms with Crippen molar-refractivity contribution in [3.05, 3.63) is 92.6 Å². The third-order valence-corrected chi connectivity index (χ3v) is 5.04. The second kappa shape index (κ2) is 6.43. The van der Waals surface area contributed by atoms with E-state index in [1.54, 1.807) is 0 Å². The van der Waals surface area contributed by atoms with Gasteiger partial charge in [0.15, 0.2) is 0 Å². The van der Waals surface area contributed by atoms with Crippen molar-refractivity contribution in [1.82, 2.24) is 0 Å². The summed E-state index contributed by atoms with van der Waals surface area (Å²) in [6.07, 6.45) is 3.47. The van der Waals surface area contributed by atoms with Crippen molar-refractivity contribution in [2.45, 2.75) is 53.9 Å². The predicted molar refractivity (Wildman–Crippen MR) is 105 cm³/mol. The van der Waals surface area contributed by atoms with E-state index in [4.69, 9.17) is 0 Å². The molecule has 1 aliphatic rings. The first-order valence-electron chi connectivity index (χ1n) is 8.88. The van der Waals surface area contributed by atoms with Crippen LogP contribution in [-0.2, 0) is 0 Å². The SMILES string of the molecule is CC1=CCC(C)=C1C(c1cc(C)cc(C)c1)c1cc(C)cc(C)c1. The van der Waals surface area contributed by atoms with Crippen LogP contribution in [-0.4, -0.2) is 0 Å². The van der Waals surface area contributed by atoms with Gasteiger partial charge in [-0.15, -0.1) is 0 Å². The molecule has 0 nitrogen and oxygen atoms in total. The molecule has 0 amide bonds. The highest BCUT2D eigenvalue weighted by atomic mass is 14.3. The monoisotopic (exact) mass is 316 g/mol. The van der Waals surface area contributed by atoms with E-state index < -0.39 is 0 Å².